The Labute approximate surface area is 115 Å². The molecule has 1 aromatic rings. The monoisotopic (exact) mass is 267 g/mol. The summed E-state index contributed by atoms with van der Waals surface area (Å²) in [5.74, 6) is 0.713. The van der Waals surface area contributed by atoms with Gasteiger partial charge in [0.1, 0.15) is 0 Å². The van der Waals surface area contributed by atoms with Crippen LogP contribution in [0.5, 0.6) is 0 Å². The molecule has 3 nitrogen and oxygen atoms in total. The van der Waals surface area contributed by atoms with Crippen LogP contribution in [-0.2, 0) is 0 Å². The Hall–Kier alpha value is -0.450. The number of aryl methyl sites for hydroxylation is 1. The molecule has 1 fully saturated rings. The molecular weight excluding hydrogens is 242 g/mol. The van der Waals surface area contributed by atoms with Gasteiger partial charge in [-0.05, 0) is 52.2 Å². The van der Waals surface area contributed by atoms with Crippen molar-refractivity contribution in [3.8, 4) is 0 Å². The van der Waals surface area contributed by atoms with E-state index in [1.54, 1.807) is 11.3 Å². The number of rotatable bonds is 6. The van der Waals surface area contributed by atoms with Crippen molar-refractivity contribution < 1.29 is 0 Å². The lowest BCUT2D eigenvalue weighted by atomic mass is 10.1. The summed E-state index contributed by atoms with van der Waals surface area (Å²) in [6.45, 7) is 11.5. The minimum absolute atomic E-state index is 0.371. The highest BCUT2D eigenvalue weighted by atomic mass is 32.1. The molecule has 4 heteroatoms. The topological polar surface area (TPSA) is 28.2 Å². The quantitative estimate of drug-likeness (QED) is 0.859. The minimum atomic E-state index is 0.371. The first-order valence-corrected chi connectivity index (χ1v) is 7.91. The Bertz CT molecular complexity index is 358. The van der Waals surface area contributed by atoms with Gasteiger partial charge in [0.25, 0.3) is 0 Å². The van der Waals surface area contributed by atoms with Crippen LogP contribution in [0.4, 0.5) is 0 Å². The summed E-state index contributed by atoms with van der Waals surface area (Å²) in [5.41, 5.74) is 1.19. The second-order valence-corrected chi connectivity index (χ2v) is 6.60. The molecule has 2 heterocycles. The van der Waals surface area contributed by atoms with Crippen LogP contribution < -0.4 is 5.32 Å². The van der Waals surface area contributed by atoms with Gasteiger partial charge in [-0.3, -0.25) is 0 Å². The SMILES string of the molecule is Cc1nc(C(C)NCC(C)CN2CCCC2)cs1. The summed E-state index contributed by atoms with van der Waals surface area (Å²) in [6.07, 6.45) is 2.77. The molecule has 18 heavy (non-hydrogen) atoms. The van der Waals surface area contributed by atoms with Crippen molar-refractivity contribution in [1.29, 1.82) is 0 Å². The largest absolute Gasteiger partial charge is 0.309 e. The van der Waals surface area contributed by atoms with Crippen molar-refractivity contribution in [2.24, 2.45) is 5.92 Å². The van der Waals surface area contributed by atoms with Gasteiger partial charge in [0.15, 0.2) is 0 Å². The van der Waals surface area contributed by atoms with Crippen LogP contribution in [0.25, 0.3) is 0 Å². The third kappa shape index (κ3) is 4.04. The Kier molecular flexibility index (Phi) is 5.15. The van der Waals surface area contributed by atoms with Gasteiger partial charge >= 0.3 is 0 Å². The van der Waals surface area contributed by atoms with E-state index in [4.69, 9.17) is 0 Å². The van der Waals surface area contributed by atoms with Gasteiger partial charge in [-0.25, -0.2) is 4.98 Å². The summed E-state index contributed by atoms with van der Waals surface area (Å²) >= 11 is 1.73. The van der Waals surface area contributed by atoms with Crippen LogP contribution in [0, 0.1) is 12.8 Å². The predicted octanol–water partition coefficient (Wildman–Crippen LogP) is 2.83. The Morgan fingerprint density at radius 1 is 1.39 bits per heavy atom. The van der Waals surface area contributed by atoms with Crippen LogP contribution in [-0.4, -0.2) is 36.1 Å². The maximum atomic E-state index is 4.54. The molecule has 1 aliphatic rings. The maximum absolute atomic E-state index is 4.54. The molecule has 0 spiro atoms. The summed E-state index contributed by atoms with van der Waals surface area (Å²) in [4.78, 5) is 7.12. The lowest BCUT2D eigenvalue weighted by Gasteiger charge is -2.22. The van der Waals surface area contributed by atoms with Crippen LogP contribution in [0.1, 0.15) is 43.4 Å². The van der Waals surface area contributed by atoms with E-state index < -0.39 is 0 Å². The first kappa shape index (κ1) is 14.0. The molecule has 0 amide bonds. The van der Waals surface area contributed by atoms with Gasteiger partial charge in [-0.15, -0.1) is 11.3 Å². The summed E-state index contributed by atoms with van der Waals surface area (Å²) in [7, 11) is 0. The average Bonchev–Trinajstić information content (AvgIpc) is 2.97. The van der Waals surface area contributed by atoms with Gasteiger partial charge in [0.2, 0.25) is 0 Å². The molecule has 2 rings (SSSR count). The van der Waals surface area contributed by atoms with E-state index in [2.05, 4.69) is 41.4 Å². The number of nitrogens with one attached hydrogen (secondary N) is 1. The average molecular weight is 267 g/mol. The lowest BCUT2D eigenvalue weighted by molar-refractivity contribution is 0.279. The van der Waals surface area contributed by atoms with E-state index in [0.29, 0.717) is 12.0 Å². The Balaban J connectivity index is 1.70. The molecule has 1 aromatic heterocycles. The summed E-state index contributed by atoms with van der Waals surface area (Å²) < 4.78 is 0. The smallest absolute Gasteiger partial charge is 0.0898 e. The fourth-order valence-electron chi connectivity index (χ4n) is 2.53. The van der Waals surface area contributed by atoms with Crippen LogP contribution in [0.3, 0.4) is 0 Å². The Morgan fingerprint density at radius 3 is 2.72 bits per heavy atom. The van der Waals surface area contributed by atoms with Crippen molar-refractivity contribution in [2.45, 2.75) is 39.7 Å². The molecule has 1 aliphatic heterocycles. The van der Waals surface area contributed by atoms with Crippen molar-refractivity contribution in [3.05, 3.63) is 16.1 Å². The first-order chi connectivity index (χ1) is 8.65. The van der Waals surface area contributed by atoms with E-state index in [9.17, 15) is 0 Å². The van der Waals surface area contributed by atoms with Crippen LogP contribution in [0.15, 0.2) is 5.38 Å². The lowest BCUT2D eigenvalue weighted by Crippen LogP contribution is -2.32. The van der Waals surface area contributed by atoms with Crippen molar-refractivity contribution >= 4 is 11.3 Å². The minimum Gasteiger partial charge on any atom is -0.309 e. The molecule has 1 saturated heterocycles. The van der Waals surface area contributed by atoms with Crippen molar-refractivity contribution in [2.75, 3.05) is 26.2 Å². The molecule has 2 atom stereocenters. The van der Waals surface area contributed by atoms with Gasteiger partial charge in [0, 0.05) is 18.0 Å². The number of hydrogen-bond donors (Lipinski definition) is 1. The van der Waals surface area contributed by atoms with Crippen molar-refractivity contribution in [3.63, 3.8) is 0 Å². The number of hydrogen-bond acceptors (Lipinski definition) is 4. The molecular formula is C14H25N3S. The third-order valence-corrected chi connectivity index (χ3v) is 4.41. The molecule has 0 radical (unpaired) electrons. The molecule has 1 N–H and O–H groups in total. The first-order valence-electron chi connectivity index (χ1n) is 7.03. The standard InChI is InChI=1S/C14H25N3S/c1-11(9-17-6-4-5-7-17)8-15-12(2)14-10-18-13(3)16-14/h10-12,15H,4-9H2,1-3H3. The predicted molar refractivity (Wildman–Crippen MR) is 78.1 cm³/mol. The zero-order valence-electron chi connectivity index (χ0n) is 11.8. The van der Waals surface area contributed by atoms with Crippen LogP contribution in [0.2, 0.25) is 0 Å². The number of thiazole rings is 1. The van der Waals surface area contributed by atoms with E-state index in [1.165, 1.54) is 38.2 Å². The van der Waals surface area contributed by atoms with Gasteiger partial charge in [-0.1, -0.05) is 6.92 Å². The van der Waals surface area contributed by atoms with Gasteiger partial charge in [0.05, 0.1) is 10.7 Å². The number of likely N-dealkylation sites (tertiary alicyclic amines) is 1. The second-order valence-electron chi connectivity index (χ2n) is 5.53. The molecule has 102 valence electrons. The number of aromatic nitrogens is 1. The normalized spacial score (nSPS) is 20.2. The fourth-order valence-corrected chi connectivity index (χ4v) is 3.24. The Morgan fingerprint density at radius 2 is 2.11 bits per heavy atom. The van der Waals surface area contributed by atoms with E-state index in [0.717, 1.165) is 11.6 Å². The highest BCUT2D eigenvalue weighted by Gasteiger charge is 2.15. The van der Waals surface area contributed by atoms with E-state index >= 15 is 0 Å². The number of nitrogens with zero attached hydrogens (tertiary/aromatic N) is 2. The summed E-state index contributed by atoms with van der Waals surface area (Å²) in [5, 5.41) is 6.92. The van der Waals surface area contributed by atoms with Crippen LogP contribution >= 0.6 is 11.3 Å². The molecule has 0 saturated carbocycles. The highest BCUT2D eigenvalue weighted by molar-refractivity contribution is 7.09. The third-order valence-electron chi connectivity index (χ3n) is 3.62. The van der Waals surface area contributed by atoms with E-state index in [1.807, 2.05) is 0 Å². The van der Waals surface area contributed by atoms with Gasteiger partial charge in [-0.2, -0.15) is 0 Å². The maximum Gasteiger partial charge on any atom is 0.0898 e. The van der Waals surface area contributed by atoms with Gasteiger partial charge < -0.3 is 10.2 Å². The zero-order chi connectivity index (χ0) is 13.0. The highest BCUT2D eigenvalue weighted by Crippen LogP contribution is 2.16. The molecule has 2 unspecified atom stereocenters. The summed E-state index contributed by atoms with van der Waals surface area (Å²) in [6, 6.07) is 0.371. The molecule has 0 bridgehead atoms. The van der Waals surface area contributed by atoms with E-state index in [-0.39, 0.29) is 0 Å². The molecule has 0 aliphatic carbocycles. The molecule has 0 aromatic carbocycles. The second kappa shape index (κ2) is 6.64. The van der Waals surface area contributed by atoms with Crippen molar-refractivity contribution in [1.82, 2.24) is 15.2 Å². The fraction of sp³-hybridized carbons (Fsp3) is 0.786. The zero-order valence-corrected chi connectivity index (χ0v) is 12.6.